The summed E-state index contributed by atoms with van der Waals surface area (Å²) in [6.45, 7) is 8.83. The minimum Gasteiger partial charge on any atom is -0.369 e. The largest absolute Gasteiger partial charge is 0.369 e. The average Bonchev–Trinajstić information content (AvgIpc) is 2.56. The molecule has 2 nitrogen and oxygen atoms in total. The summed E-state index contributed by atoms with van der Waals surface area (Å²) in [5, 5.41) is 3.51. The van der Waals surface area contributed by atoms with E-state index in [-0.39, 0.29) is 11.2 Å². The number of hydrogen-bond acceptors (Lipinski definition) is 2. The summed E-state index contributed by atoms with van der Waals surface area (Å²) in [4.78, 5) is 0. The maximum absolute atomic E-state index is 6.25. The van der Waals surface area contributed by atoms with Crippen LogP contribution in [0.1, 0.15) is 39.7 Å². The lowest BCUT2D eigenvalue weighted by Gasteiger charge is -2.33. The Hall–Kier alpha value is -0.380. The summed E-state index contributed by atoms with van der Waals surface area (Å²) in [6, 6.07) is 8.90. The predicted molar refractivity (Wildman–Crippen MR) is 88.0 cm³/mol. The van der Waals surface area contributed by atoms with E-state index in [4.69, 9.17) is 4.74 Å². The summed E-state index contributed by atoms with van der Waals surface area (Å²) in [5.74, 6) is 0.509. The number of ether oxygens (including phenoxy) is 1. The molecule has 1 fully saturated rings. The van der Waals surface area contributed by atoms with Gasteiger partial charge in [-0.25, -0.2) is 0 Å². The van der Waals surface area contributed by atoms with E-state index in [1.807, 2.05) is 0 Å². The Bertz CT molecular complexity index is 470. The van der Waals surface area contributed by atoms with Crippen molar-refractivity contribution in [3.05, 3.63) is 34.3 Å². The summed E-state index contributed by atoms with van der Waals surface area (Å²) in [5.41, 5.74) is 1.24. The third kappa shape index (κ3) is 3.44. The van der Waals surface area contributed by atoms with Gasteiger partial charge in [0.15, 0.2) is 0 Å². The van der Waals surface area contributed by atoms with Gasteiger partial charge in [-0.15, -0.1) is 0 Å². The number of halogens is 1. The van der Waals surface area contributed by atoms with Gasteiger partial charge in [-0.3, -0.25) is 0 Å². The van der Waals surface area contributed by atoms with Gasteiger partial charge in [-0.05, 0) is 59.2 Å². The second-order valence-electron chi connectivity index (χ2n) is 6.97. The molecule has 0 aromatic heterocycles. The molecule has 1 heterocycles. The highest BCUT2D eigenvalue weighted by Gasteiger charge is 2.48. The van der Waals surface area contributed by atoms with Crippen LogP contribution >= 0.6 is 15.9 Å². The predicted octanol–water partition coefficient (Wildman–Crippen LogP) is 4.17. The molecule has 3 heteroatoms. The van der Waals surface area contributed by atoms with Crippen molar-refractivity contribution in [2.45, 2.75) is 57.8 Å². The van der Waals surface area contributed by atoms with Crippen LogP contribution in [0.3, 0.4) is 0 Å². The molecule has 0 bridgehead atoms. The third-order valence-electron chi connectivity index (χ3n) is 4.40. The van der Waals surface area contributed by atoms with Gasteiger partial charge in [0.1, 0.15) is 0 Å². The molecular weight excluding hydrogens is 314 g/mol. The van der Waals surface area contributed by atoms with Crippen LogP contribution in [0.4, 0.5) is 0 Å². The Labute approximate surface area is 131 Å². The number of benzene rings is 1. The first-order valence-corrected chi connectivity index (χ1v) is 8.15. The van der Waals surface area contributed by atoms with E-state index in [1.54, 1.807) is 0 Å². The van der Waals surface area contributed by atoms with Crippen molar-refractivity contribution >= 4 is 15.9 Å². The molecular formula is C17H26BrNO. The maximum atomic E-state index is 6.25. The fourth-order valence-corrected chi connectivity index (χ4v) is 4.02. The molecule has 2 rings (SSSR count). The quantitative estimate of drug-likeness (QED) is 0.888. The zero-order valence-electron chi connectivity index (χ0n) is 13.2. The van der Waals surface area contributed by atoms with Crippen molar-refractivity contribution in [1.29, 1.82) is 0 Å². The first-order valence-electron chi connectivity index (χ1n) is 7.36. The zero-order chi connectivity index (χ0) is 15.0. The number of nitrogens with one attached hydrogen (secondary N) is 1. The first kappa shape index (κ1) is 16.0. The second kappa shape index (κ2) is 5.78. The summed E-state index contributed by atoms with van der Waals surface area (Å²) in [7, 11) is 2.06. The fourth-order valence-electron chi connectivity index (χ4n) is 3.58. The number of likely N-dealkylation sites (N-methyl/N-ethyl adjacent to an activating group) is 1. The topological polar surface area (TPSA) is 21.3 Å². The molecule has 2 unspecified atom stereocenters. The Morgan fingerprint density at radius 1 is 1.30 bits per heavy atom. The Kier molecular flexibility index (Phi) is 4.63. The van der Waals surface area contributed by atoms with Crippen LogP contribution in [0.5, 0.6) is 0 Å². The molecule has 0 saturated carbocycles. The molecule has 1 aromatic rings. The molecule has 1 N–H and O–H groups in total. The summed E-state index contributed by atoms with van der Waals surface area (Å²) in [6.07, 6.45) is 2.11. The molecule has 0 amide bonds. The molecule has 2 atom stereocenters. The van der Waals surface area contributed by atoms with E-state index >= 15 is 0 Å². The van der Waals surface area contributed by atoms with E-state index < -0.39 is 0 Å². The van der Waals surface area contributed by atoms with Crippen molar-refractivity contribution < 1.29 is 4.74 Å². The Morgan fingerprint density at radius 3 is 2.45 bits per heavy atom. The highest BCUT2D eigenvalue weighted by atomic mass is 79.9. The first-order chi connectivity index (χ1) is 9.25. The minimum atomic E-state index is -0.0849. The molecule has 0 spiro atoms. The van der Waals surface area contributed by atoms with E-state index in [0.717, 1.165) is 12.8 Å². The average molecular weight is 340 g/mol. The van der Waals surface area contributed by atoms with Crippen LogP contribution in [0.2, 0.25) is 0 Å². The molecule has 1 aromatic carbocycles. The zero-order valence-corrected chi connectivity index (χ0v) is 14.8. The lowest BCUT2D eigenvalue weighted by atomic mass is 9.79. The Morgan fingerprint density at radius 2 is 1.95 bits per heavy atom. The molecule has 0 aliphatic carbocycles. The van der Waals surface area contributed by atoms with E-state index in [9.17, 15) is 0 Å². The van der Waals surface area contributed by atoms with Gasteiger partial charge in [-0.2, -0.15) is 0 Å². The van der Waals surface area contributed by atoms with Crippen molar-refractivity contribution in [3.63, 3.8) is 0 Å². The van der Waals surface area contributed by atoms with Crippen LogP contribution in [-0.4, -0.2) is 24.3 Å². The van der Waals surface area contributed by atoms with Crippen LogP contribution in [0.25, 0.3) is 0 Å². The van der Waals surface area contributed by atoms with Crippen LogP contribution in [-0.2, 0) is 11.2 Å². The molecule has 20 heavy (non-hydrogen) atoms. The van der Waals surface area contributed by atoms with E-state index in [1.165, 1.54) is 10.0 Å². The van der Waals surface area contributed by atoms with Gasteiger partial charge in [-0.1, -0.05) is 34.1 Å². The SMILES string of the molecule is CNC(Cc1ccccc1Br)C1CC(C)(C)OC1(C)C. The highest BCUT2D eigenvalue weighted by molar-refractivity contribution is 9.10. The maximum Gasteiger partial charge on any atom is 0.0677 e. The molecule has 0 radical (unpaired) electrons. The van der Waals surface area contributed by atoms with Crippen molar-refractivity contribution in [2.75, 3.05) is 7.05 Å². The lowest BCUT2D eigenvalue weighted by molar-refractivity contribution is -0.0774. The highest BCUT2D eigenvalue weighted by Crippen LogP contribution is 2.44. The fraction of sp³-hybridized carbons (Fsp3) is 0.647. The van der Waals surface area contributed by atoms with Crippen LogP contribution in [0, 0.1) is 5.92 Å². The smallest absolute Gasteiger partial charge is 0.0677 e. The van der Waals surface area contributed by atoms with Gasteiger partial charge in [0.25, 0.3) is 0 Å². The monoisotopic (exact) mass is 339 g/mol. The molecule has 112 valence electrons. The second-order valence-corrected chi connectivity index (χ2v) is 7.82. The minimum absolute atomic E-state index is 0.0306. The Balaban J connectivity index is 2.19. The summed E-state index contributed by atoms with van der Waals surface area (Å²) < 4.78 is 7.44. The lowest BCUT2D eigenvalue weighted by Crippen LogP contribution is -2.44. The van der Waals surface area contributed by atoms with E-state index in [2.05, 4.69) is 80.3 Å². The van der Waals surface area contributed by atoms with Crippen molar-refractivity contribution in [3.8, 4) is 0 Å². The molecule has 1 aliphatic rings. The standard InChI is InChI=1S/C17H26BrNO/c1-16(2)11-13(17(3,4)20-16)15(19-5)10-12-8-6-7-9-14(12)18/h6-9,13,15,19H,10-11H2,1-5H3. The van der Waals surface area contributed by atoms with Gasteiger partial charge in [0.05, 0.1) is 11.2 Å². The van der Waals surface area contributed by atoms with Gasteiger partial charge in [0, 0.05) is 16.4 Å². The van der Waals surface area contributed by atoms with Crippen LogP contribution in [0.15, 0.2) is 28.7 Å². The number of hydrogen-bond donors (Lipinski definition) is 1. The third-order valence-corrected chi connectivity index (χ3v) is 5.17. The van der Waals surface area contributed by atoms with Gasteiger partial charge < -0.3 is 10.1 Å². The molecule has 1 saturated heterocycles. The summed E-state index contributed by atoms with van der Waals surface area (Å²) >= 11 is 3.65. The number of rotatable bonds is 4. The van der Waals surface area contributed by atoms with E-state index in [0.29, 0.717) is 12.0 Å². The van der Waals surface area contributed by atoms with Gasteiger partial charge in [0.2, 0.25) is 0 Å². The normalized spacial score (nSPS) is 25.6. The molecule has 1 aliphatic heterocycles. The van der Waals surface area contributed by atoms with Crippen molar-refractivity contribution in [2.24, 2.45) is 5.92 Å². The van der Waals surface area contributed by atoms with Gasteiger partial charge >= 0.3 is 0 Å². The van der Waals surface area contributed by atoms with Crippen LogP contribution < -0.4 is 5.32 Å². The van der Waals surface area contributed by atoms with Crippen molar-refractivity contribution in [1.82, 2.24) is 5.32 Å².